The zero-order chi connectivity index (χ0) is 11.4. The van der Waals surface area contributed by atoms with Crippen LogP contribution in [0.4, 0.5) is 5.82 Å². The molecule has 0 unspecified atom stereocenters. The molecule has 0 aliphatic carbocycles. The number of rotatable bonds is 4. The number of tetrazole rings is 1. The second-order valence-corrected chi connectivity index (χ2v) is 2.98. The number of pyridine rings is 1. The topological polar surface area (TPSA) is 122 Å². The molecule has 0 aliphatic heterocycles. The third kappa shape index (κ3) is 2.29. The zero-order valence-electron chi connectivity index (χ0n) is 8.21. The highest BCUT2D eigenvalue weighted by Gasteiger charge is 2.02. The third-order valence-electron chi connectivity index (χ3n) is 1.86. The van der Waals surface area contributed by atoms with E-state index in [2.05, 4.69) is 30.9 Å². The van der Waals surface area contributed by atoms with Crippen LogP contribution in [-0.2, 0) is 6.54 Å². The average molecular weight is 219 g/mol. The number of anilines is 1. The molecule has 0 atom stereocenters. The molecule has 0 aromatic carbocycles. The first-order valence-electron chi connectivity index (χ1n) is 4.48. The van der Waals surface area contributed by atoms with Gasteiger partial charge in [-0.15, -0.1) is 10.2 Å². The molecule has 16 heavy (non-hydrogen) atoms. The Morgan fingerprint density at radius 3 is 2.94 bits per heavy atom. The zero-order valence-corrected chi connectivity index (χ0v) is 8.21. The highest BCUT2D eigenvalue weighted by atomic mass is 16.1. The summed E-state index contributed by atoms with van der Waals surface area (Å²) in [6.45, 7) is 0.402. The van der Waals surface area contributed by atoms with Gasteiger partial charge in [-0.3, -0.25) is 4.79 Å². The molecule has 82 valence electrons. The maximum absolute atomic E-state index is 10.8. The molecule has 0 saturated carbocycles. The van der Waals surface area contributed by atoms with Gasteiger partial charge in [0.05, 0.1) is 12.1 Å². The summed E-state index contributed by atoms with van der Waals surface area (Å²) in [7, 11) is 0. The van der Waals surface area contributed by atoms with Crippen molar-refractivity contribution in [2.75, 3.05) is 5.32 Å². The maximum atomic E-state index is 10.8. The fourth-order valence-electron chi connectivity index (χ4n) is 1.07. The number of carbonyl (C=O) groups is 1. The van der Waals surface area contributed by atoms with Crippen LogP contribution in [0.15, 0.2) is 18.3 Å². The second kappa shape index (κ2) is 4.34. The van der Waals surface area contributed by atoms with E-state index in [0.717, 1.165) is 0 Å². The number of hydrogen-bond donors (Lipinski definition) is 3. The van der Waals surface area contributed by atoms with Crippen LogP contribution in [0.2, 0.25) is 0 Å². The van der Waals surface area contributed by atoms with Crippen molar-refractivity contribution in [2.24, 2.45) is 5.73 Å². The van der Waals surface area contributed by atoms with E-state index in [1.807, 2.05) is 0 Å². The minimum atomic E-state index is -0.503. The highest BCUT2D eigenvalue weighted by molar-refractivity contribution is 5.92. The lowest BCUT2D eigenvalue weighted by Gasteiger charge is -2.02. The number of aromatic amines is 1. The van der Waals surface area contributed by atoms with E-state index in [9.17, 15) is 4.79 Å². The number of H-pyrrole nitrogens is 1. The molecule has 2 aromatic rings. The number of aromatic nitrogens is 5. The molecular weight excluding hydrogens is 210 g/mol. The maximum Gasteiger partial charge on any atom is 0.250 e. The van der Waals surface area contributed by atoms with Gasteiger partial charge in [0, 0.05) is 6.20 Å². The lowest BCUT2D eigenvalue weighted by atomic mass is 10.3. The van der Waals surface area contributed by atoms with Crippen molar-refractivity contribution in [3.05, 3.63) is 29.7 Å². The predicted molar refractivity (Wildman–Crippen MR) is 54.3 cm³/mol. The molecule has 2 aromatic heterocycles. The minimum Gasteiger partial charge on any atom is -0.366 e. The molecule has 1 amide bonds. The number of primary amides is 1. The Kier molecular flexibility index (Phi) is 2.72. The van der Waals surface area contributed by atoms with Gasteiger partial charge in [-0.2, -0.15) is 5.21 Å². The first-order valence-corrected chi connectivity index (χ1v) is 4.48. The molecular formula is C8H9N7O. The summed E-state index contributed by atoms with van der Waals surface area (Å²) < 4.78 is 0. The van der Waals surface area contributed by atoms with Crippen LogP contribution in [0.5, 0.6) is 0 Å². The first-order chi connectivity index (χ1) is 7.75. The van der Waals surface area contributed by atoms with Crippen molar-refractivity contribution in [1.29, 1.82) is 0 Å². The van der Waals surface area contributed by atoms with Crippen LogP contribution in [-0.4, -0.2) is 31.5 Å². The molecule has 4 N–H and O–H groups in total. The van der Waals surface area contributed by atoms with E-state index in [1.54, 1.807) is 12.1 Å². The van der Waals surface area contributed by atoms with Crippen molar-refractivity contribution >= 4 is 11.7 Å². The van der Waals surface area contributed by atoms with Crippen LogP contribution >= 0.6 is 0 Å². The Hall–Kier alpha value is -2.51. The Bertz CT molecular complexity index is 464. The van der Waals surface area contributed by atoms with Gasteiger partial charge in [0.25, 0.3) is 0 Å². The highest BCUT2D eigenvalue weighted by Crippen LogP contribution is 2.05. The summed E-state index contributed by atoms with van der Waals surface area (Å²) in [6, 6.07) is 3.24. The molecule has 0 bridgehead atoms. The lowest BCUT2D eigenvalue weighted by Crippen LogP contribution is -2.11. The summed E-state index contributed by atoms with van der Waals surface area (Å²) >= 11 is 0. The summed E-state index contributed by atoms with van der Waals surface area (Å²) in [5, 5.41) is 16.2. The van der Waals surface area contributed by atoms with Gasteiger partial charge in [0.2, 0.25) is 5.91 Å². The Balaban J connectivity index is 1.98. The minimum absolute atomic E-state index is 0.366. The normalized spacial score (nSPS) is 10.0. The Morgan fingerprint density at radius 1 is 1.50 bits per heavy atom. The number of hydrogen-bond acceptors (Lipinski definition) is 6. The summed E-state index contributed by atoms with van der Waals surface area (Å²) in [5.74, 6) is 0.632. The van der Waals surface area contributed by atoms with E-state index in [4.69, 9.17) is 5.73 Å². The van der Waals surface area contributed by atoms with Crippen molar-refractivity contribution in [1.82, 2.24) is 25.6 Å². The number of nitrogens with zero attached hydrogens (tertiary/aromatic N) is 4. The average Bonchev–Trinajstić information content (AvgIpc) is 2.80. The van der Waals surface area contributed by atoms with Crippen LogP contribution in [0.25, 0.3) is 0 Å². The molecule has 0 saturated heterocycles. The van der Waals surface area contributed by atoms with Crippen LogP contribution in [0.1, 0.15) is 16.2 Å². The number of carbonyl (C=O) groups excluding carboxylic acids is 1. The third-order valence-corrected chi connectivity index (χ3v) is 1.86. The smallest absolute Gasteiger partial charge is 0.250 e. The van der Waals surface area contributed by atoms with Gasteiger partial charge in [-0.1, -0.05) is 5.21 Å². The summed E-state index contributed by atoms with van der Waals surface area (Å²) in [4.78, 5) is 14.8. The number of nitrogens with two attached hydrogens (primary N) is 1. The van der Waals surface area contributed by atoms with Gasteiger partial charge in [0.15, 0.2) is 5.82 Å². The van der Waals surface area contributed by atoms with Crippen LogP contribution in [0.3, 0.4) is 0 Å². The van der Waals surface area contributed by atoms with Gasteiger partial charge >= 0.3 is 0 Å². The summed E-state index contributed by atoms with van der Waals surface area (Å²) in [6.07, 6.45) is 1.40. The van der Waals surface area contributed by atoms with E-state index in [-0.39, 0.29) is 0 Å². The Labute approximate surface area is 90.3 Å². The number of nitrogens with one attached hydrogen (secondary N) is 2. The van der Waals surface area contributed by atoms with Crippen LogP contribution < -0.4 is 11.1 Å². The quantitative estimate of drug-likeness (QED) is 0.625. The van der Waals surface area contributed by atoms with Crippen molar-refractivity contribution in [3.63, 3.8) is 0 Å². The lowest BCUT2D eigenvalue weighted by molar-refractivity contribution is 0.1000. The van der Waals surface area contributed by atoms with Crippen molar-refractivity contribution in [2.45, 2.75) is 6.54 Å². The van der Waals surface area contributed by atoms with E-state index >= 15 is 0 Å². The fourth-order valence-corrected chi connectivity index (χ4v) is 1.07. The van der Waals surface area contributed by atoms with E-state index in [1.165, 1.54) is 6.20 Å². The predicted octanol–water partition coefficient (Wildman–Crippen LogP) is -0.694. The molecule has 0 aliphatic rings. The van der Waals surface area contributed by atoms with Crippen molar-refractivity contribution in [3.8, 4) is 0 Å². The van der Waals surface area contributed by atoms with Gasteiger partial charge in [-0.25, -0.2) is 4.98 Å². The molecule has 8 nitrogen and oxygen atoms in total. The molecule has 2 heterocycles. The van der Waals surface area contributed by atoms with E-state index < -0.39 is 5.91 Å². The summed E-state index contributed by atoms with van der Waals surface area (Å²) in [5.41, 5.74) is 5.45. The second-order valence-electron chi connectivity index (χ2n) is 2.98. The SMILES string of the molecule is NC(=O)c1ccc(NCc2nn[nH]n2)nc1. The molecule has 0 radical (unpaired) electrons. The van der Waals surface area contributed by atoms with Gasteiger partial charge < -0.3 is 11.1 Å². The fraction of sp³-hybridized carbons (Fsp3) is 0.125. The molecule has 8 heteroatoms. The van der Waals surface area contributed by atoms with Gasteiger partial charge in [-0.05, 0) is 12.1 Å². The standard InChI is InChI=1S/C8H9N7O/c9-8(16)5-1-2-6(10-3-5)11-4-7-12-14-15-13-7/h1-3H,4H2,(H2,9,16)(H,10,11)(H,12,13,14,15). The molecule has 0 spiro atoms. The van der Waals surface area contributed by atoms with Gasteiger partial charge in [0.1, 0.15) is 5.82 Å². The first kappa shape index (κ1) is 10.0. The monoisotopic (exact) mass is 219 g/mol. The van der Waals surface area contributed by atoms with E-state index in [0.29, 0.717) is 23.8 Å². The molecule has 2 rings (SSSR count). The largest absolute Gasteiger partial charge is 0.366 e. The van der Waals surface area contributed by atoms with Crippen molar-refractivity contribution < 1.29 is 4.79 Å². The number of amides is 1. The molecule has 0 fully saturated rings. The van der Waals surface area contributed by atoms with Crippen LogP contribution in [0, 0.1) is 0 Å². The Morgan fingerprint density at radius 2 is 2.38 bits per heavy atom.